The molecule has 1 heterocycles. The molecule has 0 aromatic heterocycles. The zero-order valence-electron chi connectivity index (χ0n) is 5.84. The van der Waals surface area contributed by atoms with E-state index in [0.717, 1.165) is 0 Å². The van der Waals surface area contributed by atoms with Gasteiger partial charge in [0.2, 0.25) is 0 Å². The van der Waals surface area contributed by atoms with Crippen molar-refractivity contribution in [1.29, 1.82) is 0 Å². The van der Waals surface area contributed by atoms with Crippen LogP contribution in [0.15, 0.2) is 0 Å². The molecule has 0 bridgehead atoms. The van der Waals surface area contributed by atoms with Crippen molar-refractivity contribution in [2.75, 3.05) is 27.2 Å². The molecule has 2 atom stereocenters. The van der Waals surface area contributed by atoms with E-state index in [1.54, 1.807) is 0 Å². The first-order chi connectivity index (χ1) is 4.22. The number of likely N-dealkylation sites (N-methyl/N-ethyl adjacent to an activating group) is 1. The standard InChI is InChI=1S/C6H12FN2/c1-9(2)6-4-8-3-5(6)7/h5-6H,3-4H2,1-2H3. The van der Waals surface area contributed by atoms with Gasteiger partial charge in [-0.3, -0.25) is 0 Å². The van der Waals surface area contributed by atoms with Crippen LogP contribution in [0, 0.1) is 0 Å². The predicted molar refractivity (Wildman–Crippen MR) is 34.2 cm³/mol. The minimum atomic E-state index is -0.736. The predicted octanol–water partition coefficient (Wildman–Crippen LogP) is -0.127. The normalized spacial score (nSPS) is 36.0. The minimum absolute atomic E-state index is 0.0324. The summed E-state index contributed by atoms with van der Waals surface area (Å²) in [5.41, 5.74) is 0. The molecule has 53 valence electrons. The van der Waals surface area contributed by atoms with E-state index in [1.165, 1.54) is 0 Å². The Bertz CT molecular complexity index is 95.1. The molecule has 0 saturated carbocycles. The van der Waals surface area contributed by atoms with Crippen LogP contribution in [0.3, 0.4) is 0 Å². The van der Waals surface area contributed by atoms with Gasteiger partial charge < -0.3 is 4.90 Å². The summed E-state index contributed by atoms with van der Waals surface area (Å²) in [7, 11) is 3.77. The number of rotatable bonds is 1. The first-order valence-electron chi connectivity index (χ1n) is 3.15. The molecule has 0 N–H and O–H groups in total. The van der Waals surface area contributed by atoms with E-state index in [4.69, 9.17) is 0 Å². The van der Waals surface area contributed by atoms with E-state index in [1.807, 2.05) is 19.0 Å². The van der Waals surface area contributed by atoms with Crippen LogP contribution in [0.1, 0.15) is 0 Å². The van der Waals surface area contributed by atoms with Crippen molar-refractivity contribution in [2.45, 2.75) is 12.2 Å². The summed E-state index contributed by atoms with van der Waals surface area (Å²) in [6.07, 6.45) is -0.736. The van der Waals surface area contributed by atoms with Crippen molar-refractivity contribution in [3.8, 4) is 0 Å². The lowest BCUT2D eigenvalue weighted by molar-refractivity contribution is 0.202. The summed E-state index contributed by atoms with van der Waals surface area (Å²) in [4.78, 5) is 1.89. The lowest BCUT2D eigenvalue weighted by atomic mass is 10.2. The van der Waals surface area contributed by atoms with Crippen LogP contribution in [0.2, 0.25) is 0 Å². The van der Waals surface area contributed by atoms with E-state index in [-0.39, 0.29) is 6.04 Å². The maximum Gasteiger partial charge on any atom is 0.131 e. The van der Waals surface area contributed by atoms with Gasteiger partial charge in [0.25, 0.3) is 0 Å². The second-order valence-electron chi connectivity index (χ2n) is 2.64. The Morgan fingerprint density at radius 2 is 2.11 bits per heavy atom. The van der Waals surface area contributed by atoms with Gasteiger partial charge in [-0.05, 0) is 14.1 Å². The average molecular weight is 131 g/mol. The number of halogens is 1. The molecule has 1 aliphatic heterocycles. The van der Waals surface area contributed by atoms with Crippen LogP contribution < -0.4 is 5.32 Å². The summed E-state index contributed by atoms with van der Waals surface area (Å²) in [6, 6.07) is 0.0324. The van der Waals surface area contributed by atoms with Crippen LogP contribution in [0.4, 0.5) is 4.39 Å². The maximum absolute atomic E-state index is 12.7. The summed E-state index contributed by atoms with van der Waals surface area (Å²) < 4.78 is 12.7. The lowest BCUT2D eigenvalue weighted by Gasteiger charge is -2.19. The highest BCUT2D eigenvalue weighted by Crippen LogP contribution is 2.09. The Balaban J connectivity index is 2.40. The monoisotopic (exact) mass is 131 g/mol. The molecule has 0 aromatic carbocycles. The first-order valence-corrected chi connectivity index (χ1v) is 3.15. The number of nitrogens with zero attached hydrogens (tertiary/aromatic N) is 2. The third kappa shape index (κ3) is 1.40. The average Bonchev–Trinajstić information content (AvgIpc) is 2.13. The minimum Gasteiger partial charge on any atom is -0.302 e. The summed E-state index contributed by atoms with van der Waals surface area (Å²) in [5, 5.41) is 3.95. The van der Waals surface area contributed by atoms with Crippen molar-refractivity contribution in [2.24, 2.45) is 0 Å². The third-order valence-corrected chi connectivity index (χ3v) is 1.70. The van der Waals surface area contributed by atoms with Crippen molar-refractivity contribution in [3.05, 3.63) is 0 Å². The van der Waals surface area contributed by atoms with Gasteiger partial charge in [-0.25, -0.2) is 9.71 Å². The van der Waals surface area contributed by atoms with Crippen molar-refractivity contribution >= 4 is 0 Å². The molecule has 0 aliphatic carbocycles. The fourth-order valence-corrected chi connectivity index (χ4v) is 1.05. The largest absolute Gasteiger partial charge is 0.302 e. The summed E-state index contributed by atoms with van der Waals surface area (Å²) >= 11 is 0. The zero-order chi connectivity index (χ0) is 6.85. The Hall–Kier alpha value is -0.150. The van der Waals surface area contributed by atoms with Gasteiger partial charge in [-0.1, -0.05) is 0 Å². The van der Waals surface area contributed by atoms with Crippen molar-refractivity contribution in [1.82, 2.24) is 10.2 Å². The SMILES string of the molecule is CN(C)C1C[N]CC1F. The smallest absolute Gasteiger partial charge is 0.131 e. The summed E-state index contributed by atoms with van der Waals surface area (Å²) in [5.74, 6) is 0. The van der Waals surface area contributed by atoms with Gasteiger partial charge in [-0.2, -0.15) is 0 Å². The molecule has 0 amide bonds. The molecular weight excluding hydrogens is 119 g/mol. The number of hydrogen-bond acceptors (Lipinski definition) is 1. The quantitative estimate of drug-likeness (QED) is 0.484. The molecule has 0 aromatic rings. The maximum atomic E-state index is 12.7. The molecule has 3 heteroatoms. The van der Waals surface area contributed by atoms with E-state index in [2.05, 4.69) is 5.32 Å². The molecule has 1 rings (SSSR count). The number of alkyl halides is 1. The highest BCUT2D eigenvalue weighted by atomic mass is 19.1. The molecule has 9 heavy (non-hydrogen) atoms. The highest BCUT2D eigenvalue weighted by molar-refractivity contribution is 4.85. The Morgan fingerprint density at radius 1 is 1.44 bits per heavy atom. The van der Waals surface area contributed by atoms with Crippen LogP contribution in [0.5, 0.6) is 0 Å². The van der Waals surface area contributed by atoms with Gasteiger partial charge in [0.1, 0.15) is 6.17 Å². The first kappa shape index (κ1) is 6.96. The topological polar surface area (TPSA) is 17.3 Å². The Kier molecular flexibility index (Phi) is 2.03. The van der Waals surface area contributed by atoms with E-state index >= 15 is 0 Å². The zero-order valence-corrected chi connectivity index (χ0v) is 5.84. The van der Waals surface area contributed by atoms with Crippen LogP contribution in [0.25, 0.3) is 0 Å². The Labute approximate surface area is 55.0 Å². The molecule has 1 aliphatic rings. The fourth-order valence-electron chi connectivity index (χ4n) is 1.05. The molecule has 1 radical (unpaired) electrons. The van der Waals surface area contributed by atoms with Crippen molar-refractivity contribution in [3.63, 3.8) is 0 Å². The molecular formula is C6H12FN2. The van der Waals surface area contributed by atoms with Gasteiger partial charge in [0.05, 0.1) is 6.04 Å². The summed E-state index contributed by atoms with van der Waals surface area (Å²) in [6.45, 7) is 1.05. The third-order valence-electron chi connectivity index (χ3n) is 1.70. The molecule has 2 unspecified atom stereocenters. The fraction of sp³-hybridized carbons (Fsp3) is 1.00. The van der Waals surface area contributed by atoms with Gasteiger partial charge in [-0.15, -0.1) is 0 Å². The molecule has 0 spiro atoms. The number of hydrogen-bond donors (Lipinski definition) is 0. The van der Waals surface area contributed by atoms with Crippen LogP contribution in [-0.4, -0.2) is 44.3 Å². The Morgan fingerprint density at radius 3 is 2.33 bits per heavy atom. The van der Waals surface area contributed by atoms with E-state index < -0.39 is 6.17 Å². The van der Waals surface area contributed by atoms with Gasteiger partial charge in [0, 0.05) is 13.1 Å². The van der Waals surface area contributed by atoms with Crippen LogP contribution >= 0.6 is 0 Å². The molecule has 2 nitrogen and oxygen atoms in total. The molecule has 1 saturated heterocycles. The van der Waals surface area contributed by atoms with Gasteiger partial charge in [0.15, 0.2) is 0 Å². The van der Waals surface area contributed by atoms with E-state index in [0.29, 0.717) is 13.1 Å². The van der Waals surface area contributed by atoms with Gasteiger partial charge >= 0.3 is 0 Å². The second kappa shape index (κ2) is 2.62. The lowest BCUT2D eigenvalue weighted by Crippen LogP contribution is -2.35. The molecule has 1 fully saturated rings. The van der Waals surface area contributed by atoms with Crippen LogP contribution in [-0.2, 0) is 0 Å². The highest BCUT2D eigenvalue weighted by Gasteiger charge is 2.28. The van der Waals surface area contributed by atoms with E-state index in [9.17, 15) is 4.39 Å². The van der Waals surface area contributed by atoms with Crippen molar-refractivity contribution < 1.29 is 4.39 Å². The second-order valence-corrected chi connectivity index (χ2v) is 2.64.